The van der Waals surface area contributed by atoms with Crippen LogP contribution in [0.25, 0.3) is 0 Å². The van der Waals surface area contributed by atoms with Gasteiger partial charge in [0.1, 0.15) is 0 Å². The van der Waals surface area contributed by atoms with Crippen LogP contribution in [0.2, 0.25) is 0 Å². The third-order valence-corrected chi connectivity index (χ3v) is 3.62. The largest absolute Gasteiger partial charge is 0.357 e. The molecule has 1 N–H and O–H groups in total. The Morgan fingerprint density at radius 3 is 2.56 bits per heavy atom. The Bertz CT molecular complexity index is 654. The number of aryl methyl sites for hydroxylation is 3. The van der Waals surface area contributed by atoms with Crippen molar-refractivity contribution in [3.8, 4) is 0 Å². The third-order valence-electron chi connectivity index (χ3n) is 3.62. The van der Waals surface area contributed by atoms with Gasteiger partial charge in [-0.3, -0.25) is 4.99 Å². The molecule has 0 aliphatic heterocycles. The van der Waals surface area contributed by atoms with Gasteiger partial charge >= 0.3 is 0 Å². The molecule has 1 heterocycles. The fourth-order valence-electron chi connectivity index (χ4n) is 2.37. The Labute approximate surface area is 167 Å². The Morgan fingerprint density at radius 2 is 1.96 bits per heavy atom. The molecule has 0 fully saturated rings. The van der Waals surface area contributed by atoms with E-state index in [2.05, 4.69) is 65.5 Å². The van der Waals surface area contributed by atoms with Crippen molar-refractivity contribution >= 4 is 29.9 Å². The van der Waals surface area contributed by atoms with Crippen molar-refractivity contribution in [2.75, 3.05) is 20.1 Å². The van der Waals surface area contributed by atoms with E-state index in [9.17, 15) is 0 Å². The maximum Gasteiger partial charge on any atom is 0.226 e. The number of hydrogen-bond acceptors (Lipinski definition) is 4. The molecule has 2 rings (SSSR count). The monoisotopic (exact) mass is 457 g/mol. The van der Waals surface area contributed by atoms with Crippen LogP contribution < -0.4 is 5.32 Å². The van der Waals surface area contributed by atoms with E-state index in [0.29, 0.717) is 11.7 Å². The van der Waals surface area contributed by atoms with Crippen LogP contribution in [0.1, 0.15) is 36.2 Å². The van der Waals surface area contributed by atoms with E-state index in [1.807, 2.05) is 6.92 Å². The number of benzene rings is 1. The molecule has 2 aromatic rings. The molecule has 0 spiro atoms. The molecule has 1 aromatic carbocycles. The van der Waals surface area contributed by atoms with Crippen molar-refractivity contribution in [2.45, 2.75) is 40.2 Å². The SMILES string of the molecule is CCNC(=NCCCc1nc(C)no1)N(C)Cc1ccc(C)cc1.I. The van der Waals surface area contributed by atoms with Gasteiger partial charge in [0.05, 0.1) is 0 Å². The minimum absolute atomic E-state index is 0. The van der Waals surface area contributed by atoms with Crippen LogP contribution in [0, 0.1) is 13.8 Å². The molecule has 0 aliphatic rings. The summed E-state index contributed by atoms with van der Waals surface area (Å²) in [5, 5.41) is 7.14. The molecule has 0 saturated carbocycles. The van der Waals surface area contributed by atoms with Gasteiger partial charge in [-0.05, 0) is 32.8 Å². The van der Waals surface area contributed by atoms with Gasteiger partial charge in [-0.25, -0.2) is 0 Å². The molecule has 138 valence electrons. The number of hydrogen-bond donors (Lipinski definition) is 1. The topological polar surface area (TPSA) is 66.5 Å². The van der Waals surface area contributed by atoms with E-state index in [-0.39, 0.29) is 24.0 Å². The zero-order chi connectivity index (χ0) is 17.4. The molecule has 0 bridgehead atoms. The van der Waals surface area contributed by atoms with E-state index < -0.39 is 0 Å². The van der Waals surface area contributed by atoms with Crippen molar-refractivity contribution in [1.29, 1.82) is 0 Å². The normalized spacial score (nSPS) is 11.1. The average molecular weight is 457 g/mol. The van der Waals surface area contributed by atoms with Gasteiger partial charge in [0.15, 0.2) is 11.8 Å². The van der Waals surface area contributed by atoms with Crippen molar-refractivity contribution < 1.29 is 4.52 Å². The molecule has 0 saturated heterocycles. The second kappa shape index (κ2) is 11.1. The number of nitrogens with zero attached hydrogens (tertiary/aromatic N) is 4. The Balaban J connectivity index is 0.00000312. The molecular weight excluding hydrogens is 429 g/mol. The quantitative estimate of drug-likeness (QED) is 0.299. The van der Waals surface area contributed by atoms with Gasteiger partial charge < -0.3 is 14.7 Å². The lowest BCUT2D eigenvalue weighted by Crippen LogP contribution is -2.38. The van der Waals surface area contributed by atoms with Gasteiger partial charge in [-0.1, -0.05) is 35.0 Å². The minimum Gasteiger partial charge on any atom is -0.357 e. The Morgan fingerprint density at radius 1 is 1.24 bits per heavy atom. The highest BCUT2D eigenvalue weighted by Crippen LogP contribution is 2.06. The molecule has 0 aliphatic carbocycles. The van der Waals surface area contributed by atoms with E-state index in [4.69, 9.17) is 9.52 Å². The van der Waals surface area contributed by atoms with Gasteiger partial charge in [0.2, 0.25) is 5.89 Å². The van der Waals surface area contributed by atoms with Crippen LogP contribution in [0.3, 0.4) is 0 Å². The predicted molar refractivity (Wildman–Crippen MR) is 111 cm³/mol. The predicted octanol–water partition coefficient (Wildman–Crippen LogP) is 3.33. The summed E-state index contributed by atoms with van der Waals surface area (Å²) in [6, 6.07) is 8.60. The minimum atomic E-state index is 0. The summed E-state index contributed by atoms with van der Waals surface area (Å²) in [4.78, 5) is 11.0. The van der Waals surface area contributed by atoms with Crippen molar-refractivity contribution in [1.82, 2.24) is 20.4 Å². The van der Waals surface area contributed by atoms with E-state index in [1.165, 1.54) is 11.1 Å². The first-order chi connectivity index (χ1) is 11.6. The van der Waals surface area contributed by atoms with Crippen LogP contribution in [0.4, 0.5) is 0 Å². The fourth-order valence-corrected chi connectivity index (χ4v) is 2.37. The average Bonchev–Trinajstić information content (AvgIpc) is 2.98. The lowest BCUT2D eigenvalue weighted by molar-refractivity contribution is 0.372. The maximum atomic E-state index is 5.12. The lowest BCUT2D eigenvalue weighted by Gasteiger charge is -2.22. The zero-order valence-corrected chi connectivity index (χ0v) is 17.8. The summed E-state index contributed by atoms with van der Waals surface area (Å²) < 4.78 is 5.12. The zero-order valence-electron chi connectivity index (χ0n) is 15.5. The number of aromatic nitrogens is 2. The summed E-state index contributed by atoms with van der Waals surface area (Å²) >= 11 is 0. The summed E-state index contributed by atoms with van der Waals surface area (Å²) in [5.41, 5.74) is 2.55. The molecule has 7 heteroatoms. The number of halogens is 1. The van der Waals surface area contributed by atoms with Crippen LogP contribution in [0.5, 0.6) is 0 Å². The summed E-state index contributed by atoms with van der Waals surface area (Å²) in [5.74, 6) is 2.28. The molecule has 0 atom stereocenters. The van der Waals surface area contributed by atoms with Crippen molar-refractivity contribution in [3.63, 3.8) is 0 Å². The number of nitrogens with one attached hydrogen (secondary N) is 1. The first-order valence-corrected chi connectivity index (χ1v) is 8.42. The van der Waals surface area contributed by atoms with Crippen molar-refractivity contribution in [3.05, 3.63) is 47.1 Å². The standard InChI is InChI=1S/C18H27N5O.HI/c1-5-19-18(20-12-6-7-17-21-15(3)22-24-17)23(4)13-16-10-8-14(2)9-11-16;/h8-11H,5-7,12-13H2,1-4H3,(H,19,20);1H. The van der Waals surface area contributed by atoms with Crippen LogP contribution >= 0.6 is 24.0 Å². The first kappa shape index (κ1) is 21.4. The molecular formula is C18H28IN5O. The molecule has 1 aromatic heterocycles. The summed E-state index contributed by atoms with van der Waals surface area (Å²) in [6.07, 6.45) is 1.64. The maximum absolute atomic E-state index is 5.12. The second-order valence-electron chi connectivity index (χ2n) is 5.92. The number of guanidine groups is 1. The van der Waals surface area contributed by atoms with Crippen LogP contribution in [-0.4, -0.2) is 41.1 Å². The highest BCUT2D eigenvalue weighted by atomic mass is 127. The Hall–Kier alpha value is -1.64. The van der Waals surface area contributed by atoms with Gasteiger partial charge in [0, 0.05) is 33.1 Å². The molecule has 0 amide bonds. The van der Waals surface area contributed by atoms with Gasteiger partial charge in [0.25, 0.3) is 0 Å². The van der Waals surface area contributed by atoms with E-state index >= 15 is 0 Å². The van der Waals surface area contributed by atoms with Crippen LogP contribution in [-0.2, 0) is 13.0 Å². The summed E-state index contributed by atoms with van der Waals surface area (Å²) in [6.45, 7) is 8.41. The third kappa shape index (κ3) is 7.41. The first-order valence-electron chi connectivity index (χ1n) is 8.42. The Kier molecular flexibility index (Phi) is 9.48. The molecule has 6 nitrogen and oxygen atoms in total. The summed E-state index contributed by atoms with van der Waals surface area (Å²) in [7, 11) is 2.06. The molecule has 0 unspecified atom stereocenters. The second-order valence-corrected chi connectivity index (χ2v) is 5.92. The lowest BCUT2D eigenvalue weighted by atomic mass is 10.1. The van der Waals surface area contributed by atoms with Crippen molar-refractivity contribution in [2.24, 2.45) is 4.99 Å². The number of aliphatic imine (C=N–C) groups is 1. The highest BCUT2D eigenvalue weighted by molar-refractivity contribution is 14.0. The van der Waals surface area contributed by atoms with E-state index in [0.717, 1.165) is 38.4 Å². The number of rotatable bonds is 7. The van der Waals surface area contributed by atoms with Crippen LogP contribution in [0.15, 0.2) is 33.8 Å². The van der Waals surface area contributed by atoms with E-state index in [1.54, 1.807) is 0 Å². The molecule has 25 heavy (non-hydrogen) atoms. The van der Waals surface area contributed by atoms with Gasteiger partial charge in [-0.2, -0.15) is 4.98 Å². The smallest absolute Gasteiger partial charge is 0.226 e. The van der Waals surface area contributed by atoms with Gasteiger partial charge in [-0.15, -0.1) is 24.0 Å². The fraction of sp³-hybridized carbons (Fsp3) is 0.500. The highest BCUT2D eigenvalue weighted by Gasteiger charge is 2.07. The molecule has 0 radical (unpaired) electrons.